The van der Waals surface area contributed by atoms with E-state index in [0.29, 0.717) is 11.1 Å². The quantitative estimate of drug-likeness (QED) is 0.795. The van der Waals surface area contributed by atoms with Crippen LogP contribution in [0.2, 0.25) is 0 Å². The van der Waals surface area contributed by atoms with Crippen LogP contribution in [0.25, 0.3) is 0 Å². The van der Waals surface area contributed by atoms with Crippen molar-refractivity contribution in [3.8, 4) is 6.07 Å². The van der Waals surface area contributed by atoms with Crippen LogP contribution in [0.15, 0.2) is 48.5 Å². The van der Waals surface area contributed by atoms with E-state index in [-0.39, 0.29) is 37.6 Å². The molecule has 1 aliphatic rings. The summed E-state index contributed by atoms with van der Waals surface area (Å²) in [5.74, 6) is -0.939. The average molecular weight is 387 g/mol. The summed E-state index contributed by atoms with van der Waals surface area (Å²) in [4.78, 5) is 28.0. The smallest absolute Gasteiger partial charge is 0.335 e. The first-order valence-electron chi connectivity index (χ1n) is 8.56. The van der Waals surface area contributed by atoms with E-state index in [1.54, 1.807) is 29.2 Å². The molecule has 0 aliphatic carbocycles. The van der Waals surface area contributed by atoms with Crippen molar-refractivity contribution in [2.45, 2.75) is 6.18 Å². The highest BCUT2D eigenvalue weighted by molar-refractivity contribution is 5.97. The molecule has 0 aromatic heterocycles. The third-order valence-corrected chi connectivity index (χ3v) is 4.58. The number of hydrogen-bond donors (Lipinski definition) is 0. The molecule has 2 aromatic rings. The Kier molecular flexibility index (Phi) is 5.36. The second-order valence-electron chi connectivity index (χ2n) is 6.32. The Morgan fingerprint density at radius 3 is 1.93 bits per heavy atom. The van der Waals surface area contributed by atoms with E-state index in [1.165, 1.54) is 23.1 Å². The topological polar surface area (TPSA) is 64.4 Å². The van der Waals surface area contributed by atoms with Crippen molar-refractivity contribution < 1.29 is 22.8 Å². The fraction of sp³-hybridized carbons (Fsp3) is 0.250. The van der Waals surface area contributed by atoms with Gasteiger partial charge in [0.1, 0.15) is 0 Å². The third-order valence-electron chi connectivity index (χ3n) is 4.58. The Morgan fingerprint density at radius 2 is 1.39 bits per heavy atom. The molecule has 0 atom stereocenters. The Hall–Kier alpha value is -3.34. The molecule has 1 heterocycles. The first kappa shape index (κ1) is 19.4. The SMILES string of the molecule is N#Cc1ccc(C(=O)N2CCN(C(=O)c3ccccc3C(F)(F)F)CC2)cc1. The lowest BCUT2D eigenvalue weighted by Crippen LogP contribution is -2.50. The van der Waals surface area contributed by atoms with Gasteiger partial charge in [0, 0.05) is 31.7 Å². The molecule has 0 N–H and O–H groups in total. The molecule has 0 bridgehead atoms. The number of rotatable bonds is 2. The molecule has 5 nitrogen and oxygen atoms in total. The van der Waals surface area contributed by atoms with Crippen LogP contribution >= 0.6 is 0 Å². The van der Waals surface area contributed by atoms with Gasteiger partial charge < -0.3 is 9.80 Å². The van der Waals surface area contributed by atoms with Gasteiger partial charge in [0.25, 0.3) is 11.8 Å². The Morgan fingerprint density at radius 1 is 0.857 bits per heavy atom. The maximum absolute atomic E-state index is 13.1. The molecule has 144 valence electrons. The summed E-state index contributed by atoms with van der Waals surface area (Å²) in [5, 5.41) is 8.81. The van der Waals surface area contributed by atoms with Crippen molar-refractivity contribution >= 4 is 11.8 Å². The van der Waals surface area contributed by atoms with Crippen LogP contribution in [-0.2, 0) is 6.18 Å². The number of nitrogens with zero attached hydrogens (tertiary/aromatic N) is 3. The van der Waals surface area contributed by atoms with Crippen molar-refractivity contribution in [3.05, 3.63) is 70.8 Å². The average Bonchev–Trinajstić information content (AvgIpc) is 2.72. The van der Waals surface area contributed by atoms with Gasteiger partial charge in [0.2, 0.25) is 0 Å². The fourth-order valence-corrected chi connectivity index (χ4v) is 3.07. The minimum absolute atomic E-state index is 0.146. The van der Waals surface area contributed by atoms with Gasteiger partial charge in [-0.1, -0.05) is 12.1 Å². The summed E-state index contributed by atoms with van der Waals surface area (Å²) in [6, 6.07) is 12.9. The molecule has 0 spiro atoms. The predicted octanol–water partition coefficient (Wildman–Crippen LogP) is 3.18. The van der Waals surface area contributed by atoms with Gasteiger partial charge in [0.05, 0.1) is 22.8 Å². The zero-order valence-electron chi connectivity index (χ0n) is 14.7. The van der Waals surface area contributed by atoms with E-state index in [1.807, 2.05) is 6.07 Å². The van der Waals surface area contributed by atoms with Crippen molar-refractivity contribution in [3.63, 3.8) is 0 Å². The number of halogens is 3. The highest BCUT2D eigenvalue weighted by Crippen LogP contribution is 2.32. The molecule has 2 amide bonds. The Balaban J connectivity index is 1.68. The Bertz CT molecular complexity index is 925. The molecule has 8 heteroatoms. The van der Waals surface area contributed by atoms with Crippen LogP contribution in [-0.4, -0.2) is 47.8 Å². The summed E-state index contributed by atoms with van der Waals surface area (Å²) in [6.45, 7) is 0.734. The van der Waals surface area contributed by atoms with Crippen molar-refractivity contribution in [1.29, 1.82) is 5.26 Å². The third kappa shape index (κ3) is 3.98. The minimum Gasteiger partial charge on any atom is -0.335 e. The number of hydrogen-bond acceptors (Lipinski definition) is 3. The number of carbonyl (C=O) groups excluding carboxylic acids is 2. The molecule has 2 aromatic carbocycles. The monoisotopic (exact) mass is 387 g/mol. The fourth-order valence-electron chi connectivity index (χ4n) is 3.07. The van der Waals surface area contributed by atoms with Crippen molar-refractivity contribution in [2.24, 2.45) is 0 Å². The van der Waals surface area contributed by atoms with E-state index in [9.17, 15) is 22.8 Å². The lowest BCUT2D eigenvalue weighted by atomic mass is 10.1. The van der Waals surface area contributed by atoms with Gasteiger partial charge in [-0.05, 0) is 36.4 Å². The van der Waals surface area contributed by atoms with Crippen molar-refractivity contribution in [2.75, 3.05) is 26.2 Å². The van der Waals surface area contributed by atoms with Gasteiger partial charge in [-0.15, -0.1) is 0 Å². The molecular weight excluding hydrogens is 371 g/mol. The van der Waals surface area contributed by atoms with E-state index in [2.05, 4.69) is 0 Å². The van der Waals surface area contributed by atoms with E-state index in [4.69, 9.17) is 5.26 Å². The second kappa shape index (κ2) is 7.72. The summed E-state index contributed by atoms with van der Waals surface area (Å²) in [7, 11) is 0. The summed E-state index contributed by atoms with van der Waals surface area (Å²) < 4.78 is 39.4. The molecule has 1 aliphatic heterocycles. The van der Waals surface area contributed by atoms with E-state index in [0.717, 1.165) is 6.07 Å². The van der Waals surface area contributed by atoms with E-state index >= 15 is 0 Å². The number of piperazine rings is 1. The van der Waals surface area contributed by atoms with Crippen molar-refractivity contribution in [1.82, 2.24) is 9.80 Å². The molecule has 0 saturated carbocycles. The first-order valence-corrected chi connectivity index (χ1v) is 8.56. The summed E-state index contributed by atoms with van der Waals surface area (Å²) in [5.41, 5.74) is -0.491. The minimum atomic E-state index is -4.61. The number of nitriles is 1. The predicted molar refractivity (Wildman–Crippen MR) is 94.4 cm³/mol. The highest BCUT2D eigenvalue weighted by atomic mass is 19.4. The van der Waals surface area contributed by atoms with Gasteiger partial charge in [0.15, 0.2) is 0 Å². The zero-order valence-corrected chi connectivity index (χ0v) is 14.7. The lowest BCUT2D eigenvalue weighted by molar-refractivity contribution is -0.138. The molecular formula is C20H16F3N3O2. The van der Waals surface area contributed by atoms with Gasteiger partial charge in [-0.2, -0.15) is 18.4 Å². The van der Waals surface area contributed by atoms with Gasteiger partial charge >= 0.3 is 6.18 Å². The lowest BCUT2D eigenvalue weighted by Gasteiger charge is -2.35. The maximum atomic E-state index is 13.1. The maximum Gasteiger partial charge on any atom is 0.417 e. The zero-order chi connectivity index (χ0) is 20.3. The molecule has 28 heavy (non-hydrogen) atoms. The van der Waals surface area contributed by atoms with Crippen LogP contribution in [0.1, 0.15) is 31.8 Å². The van der Waals surface area contributed by atoms with E-state index < -0.39 is 17.6 Å². The van der Waals surface area contributed by atoms with Gasteiger partial charge in [-0.25, -0.2) is 0 Å². The number of benzene rings is 2. The van der Waals surface area contributed by atoms with Gasteiger partial charge in [-0.3, -0.25) is 9.59 Å². The largest absolute Gasteiger partial charge is 0.417 e. The van der Waals surface area contributed by atoms with Crippen LogP contribution in [0, 0.1) is 11.3 Å². The van der Waals surface area contributed by atoms with Crippen LogP contribution in [0.4, 0.5) is 13.2 Å². The molecule has 1 saturated heterocycles. The summed E-state index contributed by atoms with van der Waals surface area (Å²) >= 11 is 0. The normalized spacial score (nSPS) is 14.5. The number of carbonyl (C=O) groups is 2. The number of amides is 2. The standard InChI is InChI=1S/C20H16F3N3O2/c21-20(22,23)17-4-2-1-3-16(17)19(28)26-11-9-25(10-12-26)18(27)15-7-5-14(13-24)6-8-15/h1-8H,9-12H2. The molecule has 1 fully saturated rings. The first-order chi connectivity index (χ1) is 13.3. The second-order valence-corrected chi connectivity index (χ2v) is 6.32. The number of alkyl halides is 3. The van der Waals surface area contributed by atoms with Crippen LogP contribution < -0.4 is 0 Å². The van der Waals surface area contributed by atoms with Crippen LogP contribution in [0.3, 0.4) is 0 Å². The van der Waals surface area contributed by atoms with Crippen LogP contribution in [0.5, 0.6) is 0 Å². The summed E-state index contributed by atoms with van der Waals surface area (Å²) in [6.07, 6.45) is -4.61. The Labute approximate surface area is 159 Å². The highest BCUT2D eigenvalue weighted by Gasteiger charge is 2.36. The molecule has 0 unspecified atom stereocenters. The molecule has 0 radical (unpaired) electrons. The molecule has 3 rings (SSSR count).